The second kappa shape index (κ2) is 4.83. The van der Waals surface area contributed by atoms with E-state index in [0.717, 1.165) is 41.8 Å². The highest BCUT2D eigenvalue weighted by atomic mass is 79.9. The molecule has 0 amide bonds. The maximum Gasteiger partial charge on any atom is 0.127 e. The van der Waals surface area contributed by atoms with E-state index in [1.165, 1.54) is 5.56 Å². The normalized spacial score (nSPS) is 27.9. The second-order valence-corrected chi connectivity index (χ2v) is 6.12. The van der Waals surface area contributed by atoms with Gasteiger partial charge in [-0.3, -0.25) is 0 Å². The van der Waals surface area contributed by atoms with Crippen molar-refractivity contribution in [3.05, 3.63) is 27.7 Å². The molecule has 0 spiro atoms. The average molecular weight is 312 g/mol. The van der Waals surface area contributed by atoms with Gasteiger partial charge < -0.3 is 15.2 Å². The van der Waals surface area contributed by atoms with Crippen LogP contribution in [0.1, 0.15) is 30.5 Å². The molecule has 4 heteroatoms. The summed E-state index contributed by atoms with van der Waals surface area (Å²) < 4.78 is 12.6. The minimum atomic E-state index is -0.105. The van der Waals surface area contributed by atoms with Crippen molar-refractivity contribution in [2.75, 3.05) is 13.2 Å². The number of rotatable bonds is 2. The van der Waals surface area contributed by atoms with Crippen molar-refractivity contribution in [3.63, 3.8) is 0 Å². The Bertz CT molecular complexity index is 463. The van der Waals surface area contributed by atoms with E-state index in [4.69, 9.17) is 15.2 Å². The summed E-state index contributed by atoms with van der Waals surface area (Å²) in [6.45, 7) is 3.78. The lowest BCUT2D eigenvalue weighted by Gasteiger charge is -2.24. The summed E-state index contributed by atoms with van der Waals surface area (Å²) in [6, 6.07) is 4.09. The van der Waals surface area contributed by atoms with Gasteiger partial charge in [0.1, 0.15) is 5.75 Å². The Kier molecular flexibility index (Phi) is 3.34. The Morgan fingerprint density at radius 3 is 2.94 bits per heavy atom. The van der Waals surface area contributed by atoms with Crippen LogP contribution >= 0.6 is 15.9 Å². The minimum Gasteiger partial charge on any atom is -0.493 e. The topological polar surface area (TPSA) is 44.5 Å². The molecular formula is C14H18BrNO2. The van der Waals surface area contributed by atoms with E-state index in [2.05, 4.69) is 35.0 Å². The van der Waals surface area contributed by atoms with Gasteiger partial charge in [-0.1, -0.05) is 22.9 Å². The quantitative estimate of drug-likeness (QED) is 0.913. The molecule has 1 aromatic rings. The molecule has 1 saturated heterocycles. The molecule has 0 aromatic heterocycles. The molecule has 1 fully saturated rings. The van der Waals surface area contributed by atoms with Gasteiger partial charge in [0.05, 0.1) is 18.8 Å². The van der Waals surface area contributed by atoms with Gasteiger partial charge in [0.25, 0.3) is 0 Å². The third-order valence-corrected chi connectivity index (χ3v) is 4.39. The van der Waals surface area contributed by atoms with Crippen LogP contribution < -0.4 is 10.5 Å². The van der Waals surface area contributed by atoms with Crippen molar-refractivity contribution in [2.24, 2.45) is 11.7 Å². The molecule has 3 rings (SSSR count). The highest BCUT2D eigenvalue weighted by molar-refractivity contribution is 9.10. The van der Waals surface area contributed by atoms with E-state index in [9.17, 15) is 0 Å². The molecule has 3 nitrogen and oxygen atoms in total. The van der Waals surface area contributed by atoms with Gasteiger partial charge in [0, 0.05) is 23.1 Å². The van der Waals surface area contributed by atoms with E-state index in [1.807, 2.05) is 0 Å². The molecule has 3 unspecified atom stereocenters. The third-order valence-electron chi connectivity index (χ3n) is 3.93. The molecule has 98 valence electrons. The Morgan fingerprint density at radius 1 is 1.39 bits per heavy atom. The van der Waals surface area contributed by atoms with Crippen LogP contribution in [0.15, 0.2) is 16.6 Å². The lowest BCUT2D eigenvalue weighted by atomic mass is 9.91. The van der Waals surface area contributed by atoms with Gasteiger partial charge in [-0.05, 0) is 30.0 Å². The van der Waals surface area contributed by atoms with Crippen LogP contribution in [-0.4, -0.2) is 19.3 Å². The molecule has 3 atom stereocenters. The van der Waals surface area contributed by atoms with E-state index >= 15 is 0 Å². The van der Waals surface area contributed by atoms with Gasteiger partial charge in [-0.15, -0.1) is 0 Å². The third kappa shape index (κ3) is 2.06. The predicted octanol–water partition coefficient (Wildman–Crippen LogP) is 2.81. The van der Waals surface area contributed by atoms with Crippen LogP contribution in [0, 0.1) is 5.92 Å². The molecule has 2 heterocycles. The molecule has 2 N–H and O–H groups in total. The molecule has 18 heavy (non-hydrogen) atoms. The summed E-state index contributed by atoms with van der Waals surface area (Å²) in [5.74, 6) is 1.49. The van der Waals surface area contributed by atoms with E-state index in [-0.39, 0.29) is 12.1 Å². The monoisotopic (exact) mass is 311 g/mol. The fourth-order valence-electron chi connectivity index (χ4n) is 2.90. The first-order chi connectivity index (χ1) is 8.66. The van der Waals surface area contributed by atoms with Crippen molar-refractivity contribution in [1.29, 1.82) is 0 Å². The minimum absolute atomic E-state index is 0.104. The van der Waals surface area contributed by atoms with Crippen LogP contribution in [0.3, 0.4) is 0 Å². The molecule has 0 bridgehead atoms. The number of nitrogens with two attached hydrogens (primary N) is 1. The van der Waals surface area contributed by atoms with Crippen LogP contribution in [0.5, 0.6) is 5.75 Å². The number of fused-ring (bicyclic) bond motifs is 1. The van der Waals surface area contributed by atoms with Crippen molar-refractivity contribution in [2.45, 2.75) is 31.9 Å². The van der Waals surface area contributed by atoms with Gasteiger partial charge in [0.15, 0.2) is 0 Å². The molecule has 0 radical (unpaired) electrons. The summed E-state index contributed by atoms with van der Waals surface area (Å²) in [7, 11) is 0. The fraction of sp³-hybridized carbons (Fsp3) is 0.571. The maximum absolute atomic E-state index is 6.41. The summed E-state index contributed by atoms with van der Waals surface area (Å²) in [4.78, 5) is 0. The van der Waals surface area contributed by atoms with Gasteiger partial charge >= 0.3 is 0 Å². The van der Waals surface area contributed by atoms with E-state index in [0.29, 0.717) is 5.92 Å². The van der Waals surface area contributed by atoms with Crippen LogP contribution in [0.2, 0.25) is 0 Å². The molecule has 2 aliphatic heterocycles. The summed E-state index contributed by atoms with van der Waals surface area (Å²) >= 11 is 3.56. The highest BCUT2D eigenvalue weighted by Crippen LogP contribution is 2.39. The number of benzene rings is 1. The average Bonchev–Trinajstić information content (AvgIpc) is 2.95. The van der Waals surface area contributed by atoms with Crippen molar-refractivity contribution in [3.8, 4) is 5.75 Å². The first-order valence-electron chi connectivity index (χ1n) is 6.49. The van der Waals surface area contributed by atoms with Crippen LogP contribution in [0.25, 0.3) is 0 Å². The summed E-state index contributed by atoms with van der Waals surface area (Å²) in [5, 5.41) is 0. The van der Waals surface area contributed by atoms with Gasteiger partial charge in [-0.2, -0.15) is 0 Å². The maximum atomic E-state index is 6.41. The molecular weight excluding hydrogens is 294 g/mol. The highest BCUT2D eigenvalue weighted by Gasteiger charge is 2.33. The Labute approximate surface area is 116 Å². The lowest BCUT2D eigenvalue weighted by Crippen LogP contribution is -2.30. The van der Waals surface area contributed by atoms with E-state index < -0.39 is 0 Å². The largest absolute Gasteiger partial charge is 0.493 e. The zero-order valence-electron chi connectivity index (χ0n) is 10.5. The van der Waals surface area contributed by atoms with E-state index in [1.54, 1.807) is 0 Å². The van der Waals surface area contributed by atoms with Crippen molar-refractivity contribution in [1.82, 2.24) is 0 Å². The molecule has 0 saturated carbocycles. The lowest BCUT2D eigenvalue weighted by molar-refractivity contribution is 0.0717. The molecule has 1 aromatic carbocycles. The summed E-state index contributed by atoms with van der Waals surface area (Å²) in [6.07, 6.45) is 2.16. The number of ether oxygens (including phenoxy) is 2. The standard InChI is InChI=1S/C14H18BrNO2/c1-8-2-4-17-13(8)12(16)11-7-10(15)6-9-3-5-18-14(9)11/h6-8,12-13H,2-5,16H2,1H3. The second-order valence-electron chi connectivity index (χ2n) is 5.21. The molecule has 0 aliphatic carbocycles. The zero-order chi connectivity index (χ0) is 12.7. The first-order valence-corrected chi connectivity index (χ1v) is 7.28. The Hall–Kier alpha value is -0.580. The smallest absolute Gasteiger partial charge is 0.127 e. The Balaban J connectivity index is 1.96. The number of halogens is 1. The first kappa shape index (κ1) is 12.5. The number of hydrogen-bond donors (Lipinski definition) is 1. The Morgan fingerprint density at radius 2 is 2.22 bits per heavy atom. The van der Waals surface area contributed by atoms with Crippen molar-refractivity contribution < 1.29 is 9.47 Å². The van der Waals surface area contributed by atoms with Crippen LogP contribution in [0.4, 0.5) is 0 Å². The summed E-state index contributed by atoms with van der Waals surface area (Å²) in [5.41, 5.74) is 8.74. The van der Waals surface area contributed by atoms with Gasteiger partial charge in [0.2, 0.25) is 0 Å². The number of hydrogen-bond acceptors (Lipinski definition) is 3. The van der Waals surface area contributed by atoms with Crippen molar-refractivity contribution >= 4 is 15.9 Å². The van der Waals surface area contributed by atoms with Gasteiger partial charge in [-0.25, -0.2) is 0 Å². The van der Waals surface area contributed by atoms with Crippen LogP contribution in [-0.2, 0) is 11.2 Å². The zero-order valence-corrected chi connectivity index (χ0v) is 12.1. The molecule has 2 aliphatic rings. The fourth-order valence-corrected chi connectivity index (χ4v) is 3.42. The predicted molar refractivity (Wildman–Crippen MR) is 73.8 cm³/mol. The SMILES string of the molecule is CC1CCOC1C(N)c1cc(Br)cc2c1OCC2.